The van der Waals surface area contributed by atoms with E-state index >= 15 is 0 Å². The standard InChI is InChI=1S/C25H25N3O3/c1-30-23-14-18-10-13-28(17-20(18)15-24(23)31-2)25(29)9-8-19-16-27(12-5-11-26)22-7-4-3-6-21(19)22/h3-4,6-9,14-16H,5,10,12-13,17H2,1-2H3. The number of hydrogen-bond acceptors (Lipinski definition) is 4. The molecule has 1 aliphatic rings. The number of aryl methyl sites for hydroxylation is 1. The summed E-state index contributed by atoms with van der Waals surface area (Å²) in [6, 6.07) is 14.2. The number of aromatic nitrogens is 1. The van der Waals surface area contributed by atoms with Crippen LogP contribution in [-0.4, -0.2) is 36.1 Å². The summed E-state index contributed by atoms with van der Waals surface area (Å²) in [5.74, 6) is 1.37. The fourth-order valence-corrected chi connectivity index (χ4v) is 4.10. The van der Waals surface area contributed by atoms with Crippen molar-refractivity contribution in [2.45, 2.75) is 25.9 Å². The number of nitrogens with zero attached hydrogens (tertiary/aromatic N) is 3. The molecule has 0 fully saturated rings. The van der Waals surface area contributed by atoms with Crippen LogP contribution in [0.1, 0.15) is 23.1 Å². The zero-order chi connectivity index (χ0) is 21.8. The number of rotatable bonds is 6. The molecule has 0 radical (unpaired) electrons. The first-order chi connectivity index (χ1) is 15.1. The van der Waals surface area contributed by atoms with Crippen molar-refractivity contribution in [1.29, 1.82) is 5.26 Å². The maximum atomic E-state index is 12.9. The predicted molar refractivity (Wildman–Crippen MR) is 120 cm³/mol. The van der Waals surface area contributed by atoms with Crippen LogP contribution in [0.5, 0.6) is 11.5 Å². The SMILES string of the molecule is COc1cc2c(cc1OC)CN(C(=O)C=Cc1cn(CCC#N)c3ccccc13)CC2. The normalized spacial score (nSPS) is 13.3. The smallest absolute Gasteiger partial charge is 0.246 e. The molecule has 2 heterocycles. The van der Waals surface area contributed by atoms with Crippen molar-refractivity contribution >= 4 is 22.9 Å². The van der Waals surface area contributed by atoms with Crippen LogP contribution in [0, 0.1) is 11.3 Å². The number of fused-ring (bicyclic) bond motifs is 2. The molecule has 6 nitrogen and oxygen atoms in total. The van der Waals surface area contributed by atoms with E-state index in [-0.39, 0.29) is 5.91 Å². The molecule has 31 heavy (non-hydrogen) atoms. The Bertz CT molecular complexity index is 1190. The van der Waals surface area contributed by atoms with Gasteiger partial charge in [0, 0.05) is 48.4 Å². The van der Waals surface area contributed by atoms with Gasteiger partial charge in [-0.15, -0.1) is 0 Å². The van der Waals surface area contributed by atoms with Gasteiger partial charge in [-0.1, -0.05) is 18.2 Å². The Kier molecular flexibility index (Phi) is 5.94. The Morgan fingerprint density at radius 1 is 1.16 bits per heavy atom. The van der Waals surface area contributed by atoms with Gasteiger partial charge in [0.25, 0.3) is 0 Å². The molecule has 4 rings (SSSR count). The van der Waals surface area contributed by atoms with E-state index in [4.69, 9.17) is 14.7 Å². The monoisotopic (exact) mass is 415 g/mol. The molecular weight excluding hydrogens is 390 g/mol. The summed E-state index contributed by atoms with van der Waals surface area (Å²) in [4.78, 5) is 14.8. The molecule has 158 valence electrons. The fraction of sp³-hybridized carbons (Fsp3) is 0.280. The fourth-order valence-electron chi connectivity index (χ4n) is 4.10. The minimum Gasteiger partial charge on any atom is -0.493 e. The van der Waals surface area contributed by atoms with Gasteiger partial charge in [0.05, 0.1) is 26.7 Å². The predicted octanol–water partition coefficient (Wildman–Crippen LogP) is 4.17. The Balaban J connectivity index is 1.54. The van der Waals surface area contributed by atoms with Crippen LogP contribution < -0.4 is 9.47 Å². The molecule has 1 aromatic heterocycles. The lowest BCUT2D eigenvalue weighted by Gasteiger charge is -2.28. The number of para-hydroxylation sites is 1. The lowest BCUT2D eigenvalue weighted by molar-refractivity contribution is -0.126. The third-order valence-electron chi connectivity index (χ3n) is 5.72. The molecule has 0 bridgehead atoms. The van der Waals surface area contributed by atoms with Gasteiger partial charge in [0.15, 0.2) is 11.5 Å². The summed E-state index contributed by atoms with van der Waals surface area (Å²) in [6.45, 7) is 1.84. The van der Waals surface area contributed by atoms with Crippen molar-refractivity contribution in [2.24, 2.45) is 0 Å². The van der Waals surface area contributed by atoms with E-state index in [1.807, 2.05) is 53.6 Å². The average Bonchev–Trinajstić information content (AvgIpc) is 3.17. The molecule has 0 aliphatic carbocycles. The summed E-state index contributed by atoms with van der Waals surface area (Å²) < 4.78 is 12.9. The van der Waals surface area contributed by atoms with Crippen LogP contribution in [0.15, 0.2) is 48.7 Å². The van der Waals surface area contributed by atoms with E-state index in [0.29, 0.717) is 37.6 Å². The van der Waals surface area contributed by atoms with Crippen LogP contribution in [0.25, 0.3) is 17.0 Å². The van der Waals surface area contributed by atoms with Crippen molar-refractivity contribution in [2.75, 3.05) is 20.8 Å². The highest BCUT2D eigenvalue weighted by Gasteiger charge is 2.21. The summed E-state index contributed by atoms with van der Waals surface area (Å²) in [5.41, 5.74) is 4.31. The molecule has 0 N–H and O–H groups in total. The topological polar surface area (TPSA) is 67.5 Å². The molecule has 2 aromatic carbocycles. The van der Waals surface area contributed by atoms with Crippen LogP contribution in [0.2, 0.25) is 0 Å². The van der Waals surface area contributed by atoms with Gasteiger partial charge in [-0.3, -0.25) is 4.79 Å². The van der Waals surface area contributed by atoms with Crippen molar-refractivity contribution in [1.82, 2.24) is 9.47 Å². The van der Waals surface area contributed by atoms with Crippen molar-refractivity contribution in [3.63, 3.8) is 0 Å². The average molecular weight is 415 g/mol. The number of ether oxygens (including phenoxy) is 2. The van der Waals surface area contributed by atoms with Gasteiger partial charge >= 0.3 is 0 Å². The third kappa shape index (κ3) is 4.13. The maximum Gasteiger partial charge on any atom is 0.246 e. The highest BCUT2D eigenvalue weighted by atomic mass is 16.5. The van der Waals surface area contributed by atoms with Gasteiger partial charge in [-0.05, 0) is 41.8 Å². The number of nitriles is 1. The second-order valence-electron chi connectivity index (χ2n) is 7.52. The van der Waals surface area contributed by atoms with Crippen molar-refractivity contribution < 1.29 is 14.3 Å². The largest absolute Gasteiger partial charge is 0.493 e. The van der Waals surface area contributed by atoms with Gasteiger partial charge in [-0.2, -0.15) is 5.26 Å². The number of carbonyl (C=O) groups is 1. The Hall–Kier alpha value is -3.72. The second-order valence-corrected chi connectivity index (χ2v) is 7.52. The summed E-state index contributed by atoms with van der Waals surface area (Å²) >= 11 is 0. The minimum absolute atomic E-state index is 0.0192. The number of amides is 1. The number of methoxy groups -OCH3 is 2. The maximum absolute atomic E-state index is 12.9. The molecule has 0 saturated heterocycles. The summed E-state index contributed by atoms with van der Waals surface area (Å²) in [6.07, 6.45) is 6.75. The highest BCUT2D eigenvalue weighted by Crippen LogP contribution is 2.33. The first-order valence-corrected chi connectivity index (χ1v) is 10.3. The lowest BCUT2D eigenvalue weighted by Crippen LogP contribution is -2.34. The molecule has 3 aromatic rings. The van der Waals surface area contributed by atoms with Gasteiger partial charge in [0.2, 0.25) is 5.91 Å². The first kappa shape index (κ1) is 20.5. The van der Waals surface area contributed by atoms with E-state index in [0.717, 1.165) is 28.5 Å². The first-order valence-electron chi connectivity index (χ1n) is 10.3. The molecule has 1 amide bonds. The lowest BCUT2D eigenvalue weighted by atomic mass is 9.98. The number of hydrogen-bond donors (Lipinski definition) is 0. The van der Waals surface area contributed by atoms with E-state index in [2.05, 4.69) is 10.6 Å². The van der Waals surface area contributed by atoms with Crippen LogP contribution in [0.3, 0.4) is 0 Å². The van der Waals surface area contributed by atoms with E-state index in [9.17, 15) is 4.79 Å². The van der Waals surface area contributed by atoms with Gasteiger partial charge < -0.3 is 18.9 Å². The highest BCUT2D eigenvalue weighted by molar-refractivity contribution is 5.96. The number of carbonyl (C=O) groups excluding carboxylic acids is 1. The van der Waals surface area contributed by atoms with E-state index < -0.39 is 0 Å². The zero-order valence-corrected chi connectivity index (χ0v) is 17.8. The van der Waals surface area contributed by atoms with Crippen molar-refractivity contribution in [3.8, 4) is 17.6 Å². The zero-order valence-electron chi connectivity index (χ0n) is 17.8. The molecule has 0 spiro atoms. The van der Waals surface area contributed by atoms with Crippen LogP contribution in [0.4, 0.5) is 0 Å². The van der Waals surface area contributed by atoms with E-state index in [1.54, 1.807) is 20.3 Å². The second kappa shape index (κ2) is 8.97. The molecule has 1 aliphatic heterocycles. The van der Waals surface area contributed by atoms with Crippen molar-refractivity contribution in [3.05, 3.63) is 65.4 Å². The third-order valence-corrected chi connectivity index (χ3v) is 5.72. The summed E-state index contributed by atoms with van der Waals surface area (Å²) in [7, 11) is 3.25. The quantitative estimate of drug-likeness (QED) is 0.567. The van der Waals surface area contributed by atoms with Gasteiger partial charge in [0.1, 0.15) is 0 Å². The summed E-state index contributed by atoms with van der Waals surface area (Å²) in [5, 5.41) is 9.99. The van der Waals surface area contributed by atoms with Crippen LogP contribution >= 0.6 is 0 Å². The Morgan fingerprint density at radius 2 is 1.90 bits per heavy atom. The molecule has 0 unspecified atom stereocenters. The molecule has 6 heteroatoms. The Morgan fingerprint density at radius 3 is 2.65 bits per heavy atom. The van der Waals surface area contributed by atoms with E-state index in [1.165, 1.54) is 5.56 Å². The number of benzene rings is 2. The molecular formula is C25H25N3O3. The Labute approximate surface area is 181 Å². The molecule has 0 saturated carbocycles. The van der Waals surface area contributed by atoms with Crippen LogP contribution in [-0.2, 0) is 24.3 Å². The minimum atomic E-state index is -0.0192. The van der Waals surface area contributed by atoms with Gasteiger partial charge in [-0.25, -0.2) is 0 Å². The molecule has 0 atom stereocenters.